The van der Waals surface area contributed by atoms with E-state index in [-0.39, 0.29) is 5.91 Å². The van der Waals surface area contributed by atoms with E-state index in [0.29, 0.717) is 16.6 Å². The van der Waals surface area contributed by atoms with Crippen LogP contribution in [0.5, 0.6) is 0 Å². The number of unbranched alkanes of at least 4 members (excludes halogenated alkanes) is 2. The number of hydrogen-bond acceptors (Lipinski definition) is 2. The standard InChI is InChI=1S/C16H24BrN3OS/c1-3-4-5-7-12(2)11-18-16(22)20-19-15(21)13-8-6-9-14(17)10-13/h6,8-10,12H,3-5,7,11H2,1-2H3,(H,19,21)(H2,18,20,22)/t12-/m1/s1. The monoisotopic (exact) mass is 385 g/mol. The molecule has 122 valence electrons. The molecule has 0 unspecified atom stereocenters. The van der Waals surface area contributed by atoms with Gasteiger partial charge in [0.05, 0.1) is 0 Å². The van der Waals surface area contributed by atoms with Crippen molar-refractivity contribution >= 4 is 39.2 Å². The zero-order valence-corrected chi connectivity index (χ0v) is 15.5. The Hall–Kier alpha value is -1.14. The fourth-order valence-electron chi connectivity index (χ4n) is 1.97. The number of rotatable bonds is 7. The molecular formula is C16H24BrN3OS. The van der Waals surface area contributed by atoms with E-state index in [1.165, 1.54) is 25.7 Å². The summed E-state index contributed by atoms with van der Waals surface area (Å²) in [6.07, 6.45) is 4.95. The van der Waals surface area contributed by atoms with Crippen molar-refractivity contribution in [3.8, 4) is 0 Å². The van der Waals surface area contributed by atoms with E-state index in [1.54, 1.807) is 12.1 Å². The summed E-state index contributed by atoms with van der Waals surface area (Å²) in [5, 5.41) is 3.56. The molecule has 22 heavy (non-hydrogen) atoms. The van der Waals surface area contributed by atoms with Crippen molar-refractivity contribution in [2.45, 2.75) is 39.5 Å². The topological polar surface area (TPSA) is 53.2 Å². The molecule has 0 aromatic heterocycles. The van der Waals surface area contributed by atoms with Crippen LogP contribution in [0.1, 0.15) is 49.9 Å². The Balaban J connectivity index is 2.24. The van der Waals surface area contributed by atoms with Gasteiger partial charge in [-0.3, -0.25) is 15.6 Å². The lowest BCUT2D eigenvalue weighted by atomic mass is 10.0. The highest BCUT2D eigenvalue weighted by Gasteiger charge is 2.07. The third kappa shape index (κ3) is 7.75. The normalized spacial score (nSPS) is 11.6. The Labute approximate surface area is 146 Å². The minimum Gasteiger partial charge on any atom is -0.361 e. The van der Waals surface area contributed by atoms with Crippen LogP contribution in [0.4, 0.5) is 0 Å². The predicted octanol–water partition coefficient (Wildman–Crippen LogP) is 3.77. The summed E-state index contributed by atoms with van der Waals surface area (Å²) in [5.74, 6) is 0.341. The van der Waals surface area contributed by atoms with Crippen molar-refractivity contribution in [2.24, 2.45) is 5.92 Å². The Morgan fingerprint density at radius 2 is 2.09 bits per heavy atom. The molecule has 3 N–H and O–H groups in total. The van der Waals surface area contributed by atoms with Gasteiger partial charge in [0.25, 0.3) is 5.91 Å². The maximum absolute atomic E-state index is 11.9. The second-order valence-corrected chi connectivity index (χ2v) is 6.72. The molecule has 0 heterocycles. The van der Waals surface area contributed by atoms with Gasteiger partial charge in [-0.2, -0.15) is 0 Å². The van der Waals surface area contributed by atoms with Crippen LogP contribution in [0, 0.1) is 5.92 Å². The lowest BCUT2D eigenvalue weighted by Gasteiger charge is -2.15. The summed E-state index contributed by atoms with van der Waals surface area (Å²) in [6, 6.07) is 7.18. The number of benzene rings is 1. The van der Waals surface area contributed by atoms with E-state index >= 15 is 0 Å². The van der Waals surface area contributed by atoms with Gasteiger partial charge in [-0.25, -0.2) is 0 Å². The van der Waals surface area contributed by atoms with E-state index < -0.39 is 0 Å². The van der Waals surface area contributed by atoms with Crippen molar-refractivity contribution in [3.05, 3.63) is 34.3 Å². The Kier molecular flexibility index (Phi) is 9.08. The molecule has 1 aromatic carbocycles. The number of carbonyl (C=O) groups is 1. The lowest BCUT2D eigenvalue weighted by molar-refractivity contribution is 0.0943. The van der Waals surface area contributed by atoms with Gasteiger partial charge in [-0.1, -0.05) is 55.1 Å². The zero-order chi connectivity index (χ0) is 16.4. The molecule has 1 atom stereocenters. The second-order valence-electron chi connectivity index (χ2n) is 5.40. The number of nitrogens with one attached hydrogen (secondary N) is 3. The summed E-state index contributed by atoms with van der Waals surface area (Å²) in [7, 11) is 0. The first-order chi connectivity index (χ1) is 10.5. The van der Waals surface area contributed by atoms with Gasteiger partial charge < -0.3 is 5.32 Å². The number of thiocarbonyl (C=S) groups is 1. The molecule has 1 aromatic rings. The molecule has 1 rings (SSSR count). The molecule has 0 saturated heterocycles. The van der Waals surface area contributed by atoms with Crippen LogP contribution >= 0.6 is 28.1 Å². The number of hydrazine groups is 1. The highest BCUT2D eigenvalue weighted by Crippen LogP contribution is 2.11. The third-order valence-corrected chi connectivity index (χ3v) is 4.03. The van der Waals surface area contributed by atoms with Gasteiger partial charge >= 0.3 is 0 Å². The van der Waals surface area contributed by atoms with Gasteiger partial charge in [0, 0.05) is 16.6 Å². The van der Waals surface area contributed by atoms with Crippen molar-refractivity contribution in [1.82, 2.24) is 16.2 Å². The highest BCUT2D eigenvalue weighted by atomic mass is 79.9. The number of hydrogen-bond donors (Lipinski definition) is 3. The minimum absolute atomic E-state index is 0.221. The molecular weight excluding hydrogens is 362 g/mol. The average Bonchev–Trinajstić information content (AvgIpc) is 2.50. The van der Waals surface area contributed by atoms with Gasteiger partial charge in [0.15, 0.2) is 5.11 Å². The highest BCUT2D eigenvalue weighted by molar-refractivity contribution is 9.10. The molecule has 0 saturated carbocycles. The van der Waals surface area contributed by atoms with Crippen molar-refractivity contribution in [3.63, 3.8) is 0 Å². The quantitative estimate of drug-likeness (QED) is 0.379. The molecule has 6 heteroatoms. The van der Waals surface area contributed by atoms with Crippen LogP contribution in [0.2, 0.25) is 0 Å². The largest absolute Gasteiger partial charge is 0.361 e. The first-order valence-corrected chi connectivity index (χ1v) is 8.82. The van der Waals surface area contributed by atoms with Gasteiger partial charge in [-0.05, 0) is 42.8 Å². The van der Waals surface area contributed by atoms with Gasteiger partial charge in [0.2, 0.25) is 0 Å². The Morgan fingerprint density at radius 1 is 1.32 bits per heavy atom. The van der Waals surface area contributed by atoms with E-state index in [0.717, 1.165) is 11.0 Å². The van der Waals surface area contributed by atoms with E-state index in [1.807, 2.05) is 12.1 Å². The van der Waals surface area contributed by atoms with E-state index in [2.05, 4.69) is 45.9 Å². The van der Waals surface area contributed by atoms with Gasteiger partial charge in [0.1, 0.15) is 0 Å². The van der Waals surface area contributed by atoms with Crippen LogP contribution in [0.25, 0.3) is 0 Å². The maximum atomic E-state index is 11.9. The van der Waals surface area contributed by atoms with Crippen molar-refractivity contribution in [1.29, 1.82) is 0 Å². The zero-order valence-electron chi connectivity index (χ0n) is 13.1. The first kappa shape index (κ1) is 18.9. The number of carbonyl (C=O) groups excluding carboxylic acids is 1. The Bertz CT molecular complexity index is 496. The van der Waals surface area contributed by atoms with E-state index in [9.17, 15) is 4.79 Å². The first-order valence-electron chi connectivity index (χ1n) is 7.62. The fraction of sp³-hybridized carbons (Fsp3) is 0.500. The van der Waals surface area contributed by atoms with Crippen LogP contribution in [0.3, 0.4) is 0 Å². The SMILES string of the molecule is CCCCC[C@@H](C)CNC(=S)NNC(=O)c1cccc(Br)c1. The fourth-order valence-corrected chi connectivity index (χ4v) is 2.51. The second kappa shape index (κ2) is 10.6. The van der Waals surface area contributed by atoms with E-state index in [4.69, 9.17) is 12.2 Å². The molecule has 0 aliphatic carbocycles. The Morgan fingerprint density at radius 3 is 2.77 bits per heavy atom. The lowest BCUT2D eigenvalue weighted by Crippen LogP contribution is -2.47. The summed E-state index contributed by atoms with van der Waals surface area (Å²) in [6.45, 7) is 5.21. The summed E-state index contributed by atoms with van der Waals surface area (Å²) in [4.78, 5) is 11.9. The smallest absolute Gasteiger partial charge is 0.269 e. The maximum Gasteiger partial charge on any atom is 0.269 e. The van der Waals surface area contributed by atoms with Crippen LogP contribution in [-0.2, 0) is 0 Å². The molecule has 1 amide bonds. The molecule has 0 aliphatic heterocycles. The van der Waals surface area contributed by atoms with Crippen molar-refractivity contribution in [2.75, 3.05) is 6.54 Å². The summed E-state index contributed by atoms with van der Waals surface area (Å²) < 4.78 is 0.863. The van der Waals surface area contributed by atoms with Gasteiger partial charge in [-0.15, -0.1) is 0 Å². The molecule has 4 nitrogen and oxygen atoms in total. The molecule has 0 bridgehead atoms. The number of halogens is 1. The summed E-state index contributed by atoms with van der Waals surface area (Å²) in [5.41, 5.74) is 5.88. The molecule has 0 aliphatic rings. The molecule has 0 fully saturated rings. The minimum atomic E-state index is -0.221. The molecule has 0 spiro atoms. The average molecular weight is 386 g/mol. The van der Waals surface area contributed by atoms with Crippen LogP contribution < -0.4 is 16.2 Å². The summed E-state index contributed by atoms with van der Waals surface area (Å²) >= 11 is 8.49. The predicted molar refractivity (Wildman–Crippen MR) is 98.7 cm³/mol. The molecule has 0 radical (unpaired) electrons. The number of amides is 1. The third-order valence-electron chi connectivity index (χ3n) is 3.29. The van der Waals surface area contributed by atoms with Crippen molar-refractivity contribution < 1.29 is 4.79 Å². The van der Waals surface area contributed by atoms with Crippen LogP contribution in [0.15, 0.2) is 28.7 Å². The van der Waals surface area contributed by atoms with Crippen LogP contribution in [-0.4, -0.2) is 17.6 Å².